The molecular weight excluding hydrogens is 408 g/mol. The number of rotatable bonds is 5. The fourth-order valence-electron chi connectivity index (χ4n) is 5.48. The zero-order valence-electron chi connectivity index (χ0n) is 19.3. The van der Waals surface area contributed by atoms with E-state index < -0.39 is 0 Å². The largest absolute Gasteiger partial charge is 0.411 e. The van der Waals surface area contributed by atoms with E-state index in [-0.39, 0.29) is 5.78 Å². The molecular formula is C29H30N2O2. The normalized spacial score (nSPS) is 15.4. The standard InChI is InChI=1S/C29H30N2O2/c1-3-31-26-15-13-21(28(30-33)20-10-5-4-6-11-20)17-24(26)25-18-22(14-16-27(25)31)29(32)23-12-8-7-9-19(23)2/h7-9,12-18,20,33H,3-6,10-11H2,1-2H3. The van der Waals surface area contributed by atoms with Crippen LogP contribution < -0.4 is 0 Å². The maximum atomic E-state index is 13.3. The van der Waals surface area contributed by atoms with Crippen molar-refractivity contribution in [3.63, 3.8) is 0 Å². The average molecular weight is 439 g/mol. The van der Waals surface area contributed by atoms with Crippen LogP contribution in [0.25, 0.3) is 21.8 Å². The Kier molecular flexibility index (Phi) is 5.76. The number of aryl methyl sites for hydroxylation is 2. The summed E-state index contributed by atoms with van der Waals surface area (Å²) in [4.78, 5) is 13.3. The Hall–Kier alpha value is -3.40. The molecule has 4 nitrogen and oxygen atoms in total. The first-order chi connectivity index (χ1) is 16.1. The molecule has 1 aliphatic rings. The highest BCUT2D eigenvalue weighted by Gasteiger charge is 2.23. The SMILES string of the molecule is CCn1c2ccc(C(=O)c3ccccc3C)cc2c2cc(C(=NO)C3CCCCC3)ccc21. The van der Waals surface area contributed by atoms with Crippen LogP contribution in [0.2, 0.25) is 0 Å². The van der Waals surface area contributed by atoms with Gasteiger partial charge < -0.3 is 9.77 Å². The van der Waals surface area contributed by atoms with Gasteiger partial charge in [0.25, 0.3) is 0 Å². The van der Waals surface area contributed by atoms with Crippen molar-refractivity contribution < 1.29 is 10.0 Å². The summed E-state index contributed by atoms with van der Waals surface area (Å²) in [7, 11) is 0. The van der Waals surface area contributed by atoms with Gasteiger partial charge in [0.2, 0.25) is 0 Å². The van der Waals surface area contributed by atoms with E-state index in [1.807, 2.05) is 43.3 Å². The van der Waals surface area contributed by atoms with Gasteiger partial charge in [0.1, 0.15) is 0 Å². The predicted molar refractivity (Wildman–Crippen MR) is 135 cm³/mol. The Labute approximate surface area is 194 Å². The summed E-state index contributed by atoms with van der Waals surface area (Å²) >= 11 is 0. The number of ketones is 1. The van der Waals surface area contributed by atoms with E-state index in [0.29, 0.717) is 11.5 Å². The third-order valence-corrected chi connectivity index (χ3v) is 7.23. The second-order valence-electron chi connectivity index (χ2n) is 9.17. The van der Waals surface area contributed by atoms with Crippen LogP contribution in [-0.4, -0.2) is 21.3 Å². The number of nitrogens with zero attached hydrogens (tertiary/aromatic N) is 2. The first-order valence-electron chi connectivity index (χ1n) is 12.0. The number of hydrogen-bond acceptors (Lipinski definition) is 3. The summed E-state index contributed by atoms with van der Waals surface area (Å²) in [6, 6.07) is 20.1. The monoisotopic (exact) mass is 438 g/mol. The molecule has 1 fully saturated rings. The highest BCUT2D eigenvalue weighted by molar-refractivity contribution is 6.16. The van der Waals surface area contributed by atoms with Crippen molar-refractivity contribution in [1.82, 2.24) is 4.57 Å². The van der Waals surface area contributed by atoms with Gasteiger partial charge in [-0.1, -0.05) is 54.8 Å². The molecule has 33 heavy (non-hydrogen) atoms. The van der Waals surface area contributed by atoms with E-state index in [1.165, 1.54) is 19.3 Å². The Morgan fingerprint density at radius 2 is 1.58 bits per heavy atom. The summed E-state index contributed by atoms with van der Waals surface area (Å²) in [6.07, 6.45) is 5.78. The van der Waals surface area contributed by atoms with Gasteiger partial charge >= 0.3 is 0 Å². The Bertz CT molecular complexity index is 1370. The summed E-state index contributed by atoms with van der Waals surface area (Å²) in [5.41, 5.74) is 6.44. The lowest BCUT2D eigenvalue weighted by Gasteiger charge is -2.22. The number of hydrogen-bond donors (Lipinski definition) is 1. The smallest absolute Gasteiger partial charge is 0.193 e. The predicted octanol–water partition coefficient (Wildman–Crippen LogP) is 7.11. The molecule has 3 aromatic carbocycles. The molecule has 4 aromatic rings. The molecule has 168 valence electrons. The van der Waals surface area contributed by atoms with Crippen molar-refractivity contribution in [2.75, 3.05) is 0 Å². The lowest BCUT2D eigenvalue weighted by molar-refractivity contribution is 0.103. The summed E-state index contributed by atoms with van der Waals surface area (Å²) in [5.74, 6) is 0.349. The molecule has 5 rings (SSSR count). The molecule has 1 heterocycles. The molecule has 0 spiro atoms. The van der Waals surface area contributed by atoms with Gasteiger partial charge in [0.15, 0.2) is 5.78 Å². The lowest BCUT2D eigenvalue weighted by atomic mass is 9.83. The molecule has 0 bridgehead atoms. The van der Waals surface area contributed by atoms with E-state index in [0.717, 1.165) is 63.6 Å². The van der Waals surface area contributed by atoms with E-state index >= 15 is 0 Å². The van der Waals surface area contributed by atoms with E-state index in [4.69, 9.17) is 0 Å². The van der Waals surface area contributed by atoms with Crippen LogP contribution in [0, 0.1) is 12.8 Å². The Balaban J connectivity index is 1.65. The minimum Gasteiger partial charge on any atom is -0.411 e. The van der Waals surface area contributed by atoms with Gasteiger partial charge in [0.05, 0.1) is 5.71 Å². The third kappa shape index (κ3) is 3.74. The van der Waals surface area contributed by atoms with Crippen LogP contribution in [0.4, 0.5) is 0 Å². The number of fused-ring (bicyclic) bond motifs is 3. The van der Waals surface area contributed by atoms with Gasteiger partial charge in [-0.05, 0) is 62.6 Å². The third-order valence-electron chi connectivity index (χ3n) is 7.23. The topological polar surface area (TPSA) is 54.6 Å². The second-order valence-corrected chi connectivity index (χ2v) is 9.17. The molecule has 0 amide bonds. The summed E-state index contributed by atoms with van der Waals surface area (Å²) in [6.45, 7) is 4.96. The minimum absolute atomic E-state index is 0.0448. The molecule has 0 radical (unpaired) electrons. The number of benzene rings is 3. The van der Waals surface area contributed by atoms with Gasteiger partial charge in [0, 0.05) is 51.0 Å². The Morgan fingerprint density at radius 3 is 2.21 bits per heavy atom. The summed E-state index contributed by atoms with van der Waals surface area (Å²) < 4.78 is 2.28. The van der Waals surface area contributed by atoms with Gasteiger partial charge in [-0.3, -0.25) is 4.79 Å². The molecule has 1 aromatic heterocycles. The second kappa shape index (κ2) is 8.86. The van der Waals surface area contributed by atoms with Crippen LogP contribution in [0.3, 0.4) is 0 Å². The quantitative estimate of drug-likeness (QED) is 0.156. The van der Waals surface area contributed by atoms with Crippen LogP contribution in [0.1, 0.15) is 66.1 Å². The molecule has 0 saturated heterocycles. The van der Waals surface area contributed by atoms with E-state index in [1.54, 1.807) is 0 Å². The molecule has 0 unspecified atom stereocenters. The van der Waals surface area contributed by atoms with Crippen molar-refractivity contribution in [1.29, 1.82) is 0 Å². The molecule has 1 aliphatic carbocycles. The highest BCUT2D eigenvalue weighted by Crippen LogP contribution is 2.34. The zero-order valence-corrected chi connectivity index (χ0v) is 19.3. The van der Waals surface area contributed by atoms with Crippen LogP contribution in [0.5, 0.6) is 0 Å². The minimum atomic E-state index is 0.0448. The number of aromatic nitrogens is 1. The van der Waals surface area contributed by atoms with Gasteiger partial charge in [-0.2, -0.15) is 0 Å². The fraction of sp³-hybridized carbons (Fsp3) is 0.310. The molecule has 0 atom stereocenters. The molecule has 1 N–H and O–H groups in total. The van der Waals surface area contributed by atoms with E-state index in [9.17, 15) is 10.0 Å². The first kappa shape index (κ1) is 21.4. The highest BCUT2D eigenvalue weighted by atomic mass is 16.4. The van der Waals surface area contributed by atoms with Crippen LogP contribution in [-0.2, 0) is 6.54 Å². The first-order valence-corrected chi connectivity index (χ1v) is 12.0. The molecule has 0 aliphatic heterocycles. The van der Waals surface area contributed by atoms with Crippen molar-refractivity contribution in [3.8, 4) is 0 Å². The van der Waals surface area contributed by atoms with Crippen molar-refractivity contribution in [2.24, 2.45) is 11.1 Å². The lowest BCUT2D eigenvalue weighted by Crippen LogP contribution is -2.19. The number of carbonyl (C=O) groups is 1. The number of carbonyl (C=O) groups excluding carboxylic acids is 1. The van der Waals surface area contributed by atoms with Crippen LogP contribution >= 0.6 is 0 Å². The van der Waals surface area contributed by atoms with E-state index in [2.05, 4.69) is 40.9 Å². The fourth-order valence-corrected chi connectivity index (χ4v) is 5.48. The van der Waals surface area contributed by atoms with Crippen LogP contribution in [0.15, 0.2) is 65.8 Å². The van der Waals surface area contributed by atoms with Crippen molar-refractivity contribution in [2.45, 2.75) is 52.5 Å². The molecule has 1 saturated carbocycles. The maximum Gasteiger partial charge on any atom is 0.193 e. The van der Waals surface area contributed by atoms with Gasteiger partial charge in [-0.15, -0.1) is 0 Å². The maximum absolute atomic E-state index is 13.3. The van der Waals surface area contributed by atoms with Crippen molar-refractivity contribution in [3.05, 3.63) is 82.9 Å². The average Bonchev–Trinajstić information content (AvgIpc) is 3.17. The summed E-state index contributed by atoms with van der Waals surface area (Å²) in [5, 5.41) is 15.8. The number of oxime groups is 1. The Morgan fingerprint density at radius 1 is 0.939 bits per heavy atom. The zero-order chi connectivity index (χ0) is 22.9. The van der Waals surface area contributed by atoms with Gasteiger partial charge in [-0.25, -0.2) is 0 Å². The van der Waals surface area contributed by atoms with Crippen molar-refractivity contribution >= 4 is 33.3 Å². The molecule has 4 heteroatoms.